The lowest BCUT2D eigenvalue weighted by Gasteiger charge is -2.47. The summed E-state index contributed by atoms with van der Waals surface area (Å²) in [5.74, 6) is 0.755. The Bertz CT molecular complexity index is 541. The first-order valence-electron chi connectivity index (χ1n) is 11.1. The van der Waals surface area contributed by atoms with Crippen molar-refractivity contribution in [3.05, 3.63) is 0 Å². The van der Waals surface area contributed by atoms with Crippen LogP contribution in [-0.4, -0.2) is 119 Å². The van der Waals surface area contributed by atoms with Gasteiger partial charge in [-0.3, -0.25) is 19.3 Å². The Balaban J connectivity index is 0.00000144. The average Bonchev–Trinajstić information content (AvgIpc) is 2.60. The van der Waals surface area contributed by atoms with Crippen molar-refractivity contribution in [1.29, 1.82) is 0 Å². The fraction of sp³-hybridized carbons (Fsp3) is 0.864. The van der Waals surface area contributed by atoms with Gasteiger partial charge in [-0.25, -0.2) is 0 Å². The van der Waals surface area contributed by atoms with Crippen LogP contribution in [0.1, 0.15) is 47.0 Å². The van der Waals surface area contributed by atoms with E-state index >= 15 is 0 Å². The van der Waals surface area contributed by atoms with E-state index in [9.17, 15) is 9.90 Å². The van der Waals surface area contributed by atoms with Gasteiger partial charge in [0.1, 0.15) is 0 Å². The minimum atomic E-state index is -0.327. The molecule has 2 saturated heterocycles. The standard InChI is InChI=1S/C20H40N4O2.2CH2O2/c1-19(2)12-16(13-20(3,4)21-19)11-18(26)24-9-7-23(8-10-24)15-17(25)14-22(5)6;2*2-1-3/h16-17,21,25H,7-15H2,1-6H3;2*1H,(H,2,3). The van der Waals surface area contributed by atoms with Crippen molar-refractivity contribution in [2.75, 3.05) is 53.4 Å². The summed E-state index contributed by atoms with van der Waals surface area (Å²) in [5, 5.41) is 27.6. The van der Waals surface area contributed by atoms with Gasteiger partial charge in [-0.2, -0.15) is 0 Å². The number of amides is 1. The highest BCUT2D eigenvalue weighted by molar-refractivity contribution is 5.76. The predicted octanol–water partition coefficient (Wildman–Crippen LogP) is 0.402. The molecule has 0 radical (unpaired) electrons. The summed E-state index contributed by atoms with van der Waals surface area (Å²) in [5.41, 5.74) is 0.182. The molecule has 0 aromatic heterocycles. The molecule has 1 amide bonds. The lowest BCUT2D eigenvalue weighted by atomic mass is 9.74. The van der Waals surface area contributed by atoms with E-state index in [1.54, 1.807) is 0 Å². The Morgan fingerprint density at radius 2 is 1.47 bits per heavy atom. The number of piperazine rings is 1. The van der Waals surface area contributed by atoms with Crippen LogP contribution in [-0.2, 0) is 14.4 Å². The highest BCUT2D eigenvalue weighted by Crippen LogP contribution is 2.35. The third-order valence-electron chi connectivity index (χ3n) is 5.51. The largest absolute Gasteiger partial charge is 0.483 e. The minimum Gasteiger partial charge on any atom is -0.483 e. The molecule has 2 aliphatic rings. The van der Waals surface area contributed by atoms with Crippen LogP contribution >= 0.6 is 0 Å². The van der Waals surface area contributed by atoms with E-state index in [4.69, 9.17) is 19.8 Å². The maximum Gasteiger partial charge on any atom is 0.290 e. The summed E-state index contributed by atoms with van der Waals surface area (Å²) in [6.07, 6.45) is 2.45. The first-order valence-corrected chi connectivity index (χ1v) is 11.1. The van der Waals surface area contributed by atoms with Crippen molar-refractivity contribution < 1.29 is 29.7 Å². The normalized spacial score (nSPS) is 21.4. The second kappa shape index (κ2) is 14.4. The molecule has 2 heterocycles. The van der Waals surface area contributed by atoms with Gasteiger partial charge in [0.15, 0.2) is 0 Å². The quantitative estimate of drug-likeness (QED) is 0.416. The van der Waals surface area contributed by atoms with E-state index in [1.165, 1.54) is 0 Å². The van der Waals surface area contributed by atoms with Crippen LogP contribution in [0.2, 0.25) is 0 Å². The number of carbonyl (C=O) groups excluding carboxylic acids is 1. The average molecular weight is 461 g/mol. The first-order chi connectivity index (χ1) is 14.8. The summed E-state index contributed by atoms with van der Waals surface area (Å²) < 4.78 is 0. The Kier molecular flexibility index (Phi) is 13.6. The highest BCUT2D eigenvalue weighted by atomic mass is 16.3. The number of carbonyl (C=O) groups is 3. The van der Waals surface area contributed by atoms with E-state index in [-0.39, 0.29) is 30.1 Å². The molecular formula is C22H44N4O6. The fourth-order valence-corrected chi connectivity index (χ4v) is 5.01. The first kappa shape index (κ1) is 30.2. The van der Waals surface area contributed by atoms with Crippen LogP contribution in [0.25, 0.3) is 0 Å². The van der Waals surface area contributed by atoms with Gasteiger partial charge < -0.3 is 30.4 Å². The van der Waals surface area contributed by atoms with Gasteiger partial charge >= 0.3 is 0 Å². The van der Waals surface area contributed by atoms with Gasteiger partial charge in [0, 0.05) is 56.8 Å². The summed E-state index contributed by atoms with van der Waals surface area (Å²) in [6.45, 7) is 13.1. The van der Waals surface area contributed by atoms with Crippen molar-refractivity contribution in [3.63, 3.8) is 0 Å². The van der Waals surface area contributed by atoms with Crippen molar-refractivity contribution >= 4 is 18.9 Å². The molecule has 2 fully saturated rings. The summed E-state index contributed by atoms with van der Waals surface area (Å²) in [7, 11) is 3.95. The van der Waals surface area contributed by atoms with Gasteiger partial charge in [-0.15, -0.1) is 0 Å². The monoisotopic (exact) mass is 460 g/mol. The maximum atomic E-state index is 12.8. The van der Waals surface area contributed by atoms with Crippen LogP contribution in [0.15, 0.2) is 0 Å². The Morgan fingerprint density at radius 1 is 1.03 bits per heavy atom. The van der Waals surface area contributed by atoms with Gasteiger partial charge in [0.05, 0.1) is 6.10 Å². The molecule has 10 nitrogen and oxygen atoms in total. The van der Waals surface area contributed by atoms with Crippen LogP contribution < -0.4 is 5.32 Å². The number of β-amino-alcohol motifs (C(OH)–C–C–N with tert-alkyl or cyclic N) is 1. The zero-order valence-corrected chi connectivity index (χ0v) is 20.6. The number of rotatable bonds is 6. The molecule has 0 aliphatic carbocycles. The molecule has 1 atom stereocenters. The van der Waals surface area contributed by atoms with Crippen LogP contribution in [0.5, 0.6) is 0 Å². The SMILES string of the molecule is CN(C)CC(O)CN1CCN(C(=O)CC2CC(C)(C)NC(C)(C)C2)CC1.O=CO.O=CO. The number of carboxylic acid groups (broad SMARTS) is 2. The van der Waals surface area contributed by atoms with Gasteiger partial charge in [0.2, 0.25) is 5.91 Å². The summed E-state index contributed by atoms with van der Waals surface area (Å²) >= 11 is 0. The molecule has 188 valence electrons. The zero-order valence-electron chi connectivity index (χ0n) is 20.6. The number of aliphatic hydroxyl groups excluding tert-OH is 1. The molecule has 0 bridgehead atoms. The van der Waals surface area contributed by atoms with E-state index in [0.29, 0.717) is 31.3 Å². The van der Waals surface area contributed by atoms with Gasteiger partial charge in [-0.05, 0) is 60.5 Å². The Labute approximate surface area is 192 Å². The smallest absolute Gasteiger partial charge is 0.290 e. The van der Waals surface area contributed by atoms with Crippen LogP contribution in [0, 0.1) is 5.92 Å². The lowest BCUT2D eigenvalue weighted by Crippen LogP contribution is -2.58. The molecule has 2 aliphatic heterocycles. The summed E-state index contributed by atoms with van der Waals surface area (Å²) in [4.78, 5) is 35.8. The number of piperidine rings is 1. The molecular weight excluding hydrogens is 416 g/mol. The van der Waals surface area contributed by atoms with E-state index in [0.717, 1.165) is 39.0 Å². The molecule has 0 spiro atoms. The number of likely N-dealkylation sites (N-methyl/N-ethyl adjacent to an activating group) is 1. The number of hydrogen-bond donors (Lipinski definition) is 4. The van der Waals surface area contributed by atoms with Gasteiger partial charge in [0.25, 0.3) is 12.9 Å². The topological polar surface area (TPSA) is 134 Å². The predicted molar refractivity (Wildman–Crippen MR) is 124 cm³/mol. The highest BCUT2D eigenvalue weighted by Gasteiger charge is 2.38. The fourth-order valence-electron chi connectivity index (χ4n) is 5.01. The molecule has 2 rings (SSSR count). The third-order valence-corrected chi connectivity index (χ3v) is 5.51. The number of aliphatic hydroxyl groups is 1. The summed E-state index contributed by atoms with van der Waals surface area (Å²) in [6, 6.07) is 0. The van der Waals surface area contributed by atoms with Gasteiger partial charge in [-0.1, -0.05) is 0 Å². The molecule has 0 aromatic carbocycles. The van der Waals surface area contributed by atoms with Crippen LogP contribution in [0.3, 0.4) is 0 Å². The molecule has 32 heavy (non-hydrogen) atoms. The van der Waals surface area contributed by atoms with Crippen LogP contribution in [0.4, 0.5) is 0 Å². The van der Waals surface area contributed by atoms with Crippen molar-refractivity contribution in [2.45, 2.75) is 64.1 Å². The third kappa shape index (κ3) is 12.9. The molecule has 1 unspecified atom stereocenters. The second-order valence-electron chi connectivity index (χ2n) is 10.2. The van der Waals surface area contributed by atoms with E-state index < -0.39 is 0 Å². The Morgan fingerprint density at radius 3 is 1.88 bits per heavy atom. The minimum absolute atomic E-state index is 0.0912. The maximum absolute atomic E-state index is 12.8. The number of nitrogens with one attached hydrogen (secondary N) is 1. The number of hydrogen-bond acceptors (Lipinski definition) is 7. The molecule has 0 aromatic rings. The zero-order chi connectivity index (χ0) is 24.9. The lowest BCUT2D eigenvalue weighted by molar-refractivity contribution is -0.134. The van der Waals surface area contributed by atoms with E-state index in [1.807, 2.05) is 23.9 Å². The molecule has 4 N–H and O–H groups in total. The van der Waals surface area contributed by atoms with Crippen molar-refractivity contribution in [3.8, 4) is 0 Å². The van der Waals surface area contributed by atoms with Crippen molar-refractivity contribution in [1.82, 2.24) is 20.0 Å². The molecule has 10 heteroatoms. The number of nitrogens with zero attached hydrogens (tertiary/aromatic N) is 3. The Hall–Kier alpha value is -1.75. The molecule has 0 saturated carbocycles. The van der Waals surface area contributed by atoms with E-state index in [2.05, 4.69) is 37.9 Å². The second-order valence-corrected chi connectivity index (χ2v) is 10.2. The van der Waals surface area contributed by atoms with Crippen molar-refractivity contribution in [2.24, 2.45) is 5.92 Å².